The number of nitrogens with one attached hydrogen (secondary N) is 1. The van der Waals surface area contributed by atoms with Crippen molar-refractivity contribution in [2.45, 2.75) is 46.2 Å². The summed E-state index contributed by atoms with van der Waals surface area (Å²) in [4.78, 5) is 4.53. The molecule has 0 aromatic carbocycles. The van der Waals surface area contributed by atoms with Crippen LogP contribution < -0.4 is 5.32 Å². The smallest absolute Gasteiger partial charge is 0.0545 e. The summed E-state index contributed by atoms with van der Waals surface area (Å²) in [6.45, 7) is 9.46. The first-order valence-corrected chi connectivity index (χ1v) is 5.21. The highest BCUT2D eigenvalue weighted by atomic mass is 15.0. The lowest BCUT2D eigenvalue weighted by Gasteiger charge is -2.20. The number of hydrogen-bond acceptors (Lipinski definition) is 2. The normalized spacial score (nSPS) is 11.7. The van der Waals surface area contributed by atoms with Gasteiger partial charge < -0.3 is 5.32 Å². The average molecular weight is 192 g/mol. The quantitative estimate of drug-likeness (QED) is 0.796. The number of hydrogen-bond donors (Lipinski definition) is 1. The van der Waals surface area contributed by atoms with Crippen LogP contribution >= 0.6 is 0 Å². The molecule has 1 N–H and O–H groups in total. The number of aromatic nitrogens is 1. The van der Waals surface area contributed by atoms with Crippen LogP contribution in [-0.2, 0) is 13.0 Å². The summed E-state index contributed by atoms with van der Waals surface area (Å²) in [5.74, 6) is 0. The fourth-order valence-electron chi connectivity index (χ4n) is 1.18. The lowest BCUT2D eigenvalue weighted by atomic mass is 10.1. The molecule has 0 aliphatic carbocycles. The minimum Gasteiger partial charge on any atom is -0.306 e. The molecule has 1 aromatic heterocycles. The Bertz CT molecular complexity index is 287. The van der Waals surface area contributed by atoms with Crippen molar-refractivity contribution in [3.05, 3.63) is 29.6 Å². The lowest BCUT2D eigenvalue weighted by Crippen LogP contribution is -2.35. The van der Waals surface area contributed by atoms with E-state index in [1.807, 2.05) is 0 Å². The second-order valence-corrected chi connectivity index (χ2v) is 4.58. The van der Waals surface area contributed by atoms with E-state index in [9.17, 15) is 0 Å². The van der Waals surface area contributed by atoms with Crippen molar-refractivity contribution < 1.29 is 0 Å². The number of pyridine rings is 1. The van der Waals surface area contributed by atoms with Crippen LogP contribution in [0.3, 0.4) is 0 Å². The van der Waals surface area contributed by atoms with Gasteiger partial charge in [0.1, 0.15) is 0 Å². The minimum absolute atomic E-state index is 0.157. The van der Waals surface area contributed by atoms with Crippen LogP contribution in [0, 0.1) is 0 Å². The molecule has 0 saturated carbocycles. The van der Waals surface area contributed by atoms with Gasteiger partial charge in [-0.3, -0.25) is 4.98 Å². The molecule has 78 valence electrons. The van der Waals surface area contributed by atoms with Gasteiger partial charge in [0, 0.05) is 17.8 Å². The molecular formula is C12H20N2. The molecule has 0 amide bonds. The van der Waals surface area contributed by atoms with Crippen LogP contribution in [0.15, 0.2) is 18.2 Å². The summed E-state index contributed by atoms with van der Waals surface area (Å²) < 4.78 is 0. The number of rotatable bonds is 3. The first-order valence-electron chi connectivity index (χ1n) is 5.21. The van der Waals surface area contributed by atoms with Gasteiger partial charge in [0.15, 0.2) is 0 Å². The van der Waals surface area contributed by atoms with E-state index in [-0.39, 0.29) is 5.54 Å². The first kappa shape index (κ1) is 11.2. The number of nitrogens with zero attached hydrogens (tertiary/aromatic N) is 1. The van der Waals surface area contributed by atoms with Crippen molar-refractivity contribution in [2.75, 3.05) is 0 Å². The predicted molar refractivity (Wildman–Crippen MR) is 60.2 cm³/mol. The summed E-state index contributed by atoms with van der Waals surface area (Å²) in [6.07, 6.45) is 1.00. The largest absolute Gasteiger partial charge is 0.306 e. The summed E-state index contributed by atoms with van der Waals surface area (Å²) >= 11 is 0. The standard InChI is InChI=1S/C12H20N2/c1-5-10-7-6-8-11(14-10)9-13-12(2,3)4/h6-8,13H,5,9H2,1-4H3. The third-order valence-electron chi connectivity index (χ3n) is 2.03. The van der Waals surface area contributed by atoms with Gasteiger partial charge in [-0.25, -0.2) is 0 Å². The Morgan fingerprint density at radius 3 is 2.43 bits per heavy atom. The molecule has 14 heavy (non-hydrogen) atoms. The molecule has 0 bridgehead atoms. The molecular weight excluding hydrogens is 172 g/mol. The molecule has 1 rings (SSSR count). The van der Waals surface area contributed by atoms with Crippen LogP contribution in [0.4, 0.5) is 0 Å². The van der Waals surface area contributed by atoms with E-state index in [4.69, 9.17) is 0 Å². The molecule has 0 atom stereocenters. The lowest BCUT2D eigenvalue weighted by molar-refractivity contribution is 0.421. The van der Waals surface area contributed by atoms with E-state index in [0.29, 0.717) is 0 Å². The van der Waals surface area contributed by atoms with Gasteiger partial charge >= 0.3 is 0 Å². The molecule has 0 aliphatic heterocycles. The fraction of sp³-hybridized carbons (Fsp3) is 0.583. The van der Waals surface area contributed by atoms with Crippen LogP contribution in [0.1, 0.15) is 39.1 Å². The fourth-order valence-corrected chi connectivity index (χ4v) is 1.18. The molecule has 0 fully saturated rings. The highest BCUT2D eigenvalue weighted by molar-refractivity contribution is 5.11. The molecule has 0 saturated heterocycles. The van der Waals surface area contributed by atoms with Gasteiger partial charge in [0.2, 0.25) is 0 Å². The Hall–Kier alpha value is -0.890. The third kappa shape index (κ3) is 3.88. The van der Waals surface area contributed by atoms with Crippen LogP contribution in [-0.4, -0.2) is 10.5 Å². The van der Waals surface area contributed by atoms with E-state index >= 15 is 0 Å². The van der Waals surface area contributed by atoms with E-state index in [0.717, 1.165) is 18.7 Å². The van der Waals surface area contributed by atoms with Crippen LogP contribution in [0.25, 0.3) is 0 Å². The van der Waals surface area contributed by atoms with E-state index < -0.39 is 0 Å². The van der Waals surface area contributed by atoms with Crippen molar-refractivity contribution in [3.63, 3.8) is 0 Å². The molecule has 0 aliphatic rings. The Balaban J connectivity index is 2.59. The highest BCUT2D eigenvalue weighted by Crippen LogP contribution is 2.04. The van der Waals surface area contributed by atoms with Gasteiger partial charge in [-0.05, 0) is 39.3 Å². The molecule has 2 heteroatoms. The first-order chi connectivity index (χ1) is 6.51. The molecule has 1 aromatic rings. The summed E-state index contributed by atoms with van der Waals surface area (Å²) in [6, 6.07) is 6.21. The summed E-state index contributed by atoms with van der Waals surface area (Å²) in [7, 11) is 0. The van der Waals surface area contributed by atoms with Crippen LogP contribution in [0.5, 0.6) is 0 Å². The molecule has 1 heterocycles. The summed E-state index contributed by atoms with van der Waals surface area (Å²) in [5.41, 5.74) is 2.45. The molecule has 0 radical (unpaired) electrons. The zero-order valence-electron chi connectivity index (χ0n) is 9.59. The predicted octanol–water partition coefficient (Wildman–Crippen LogP) is 2.53. The third-order valence-corrected chi connectivity index (χ3v) is 2.03. The van der Waals surface area contributed by atoms with E-state index in [1.54, 1.807) is 0 Å². The minimum atomic E-state index is 0.157. The Morgan fingerprint density at radius 2 is 1.86 bits per heavy atom. The zero-order valence-corrected chi connectivity index (χ0v) is 9.59. The van der Waals surface area contributed by atoms with Crippen molar-refractivity contribution >= 4 is 0 Å². The molecule has 2 nitrogen and oxygen atoms in total. The Labute approximate surface area is 86.8 Å². The Morgan fingerprint density at radius 1 is 1.21 bits per heavy atom. The summed E-state index contributed by atoms with van der Waals surface area (Å²) in [5, 5.41) is 3.43. The monoisotopic (exact) mass is 192 g/mol. The molecule has 0 spiro atoms. The average Bonchev–Trinajstić information content (AvgIpc) is 2.14. The SMILES string of the molecule is CCc1cccc(CNC(C)(C)C)n1. The van der Waals surface area contributed by atoms with Crippen molar-refractivity contribution in [3.8, 4) is 0 Å². The maximum atomic E-state index is 4.53. The molecule has 0 unspecified atom stereocenters. The van der Waals surface area contributed by atoms with Gasteiger partial charge in [0.25, 0.3) is 0 Å². The van der Waals surface area contributed by atoms with Crippen LogP contribution in [0.2, 0.25) is 0 Å². The maximum Gasteiger partial charge on any atom is 0.0545 e. The van der Waals surface area contributed by atoms with Gasteiger partial charge in [-0.2, -0.15) is 0 Å². The second kappa shape index (κ2) is 4.56. The van der Waals surface area contributed by atoms with Gasteiger partial charge in [0.05, 0.1) is 5.69 Å². The van der Waals surface area contributed by atoms with Crippen molar-refractivity contribution in [2.24, 2.45) is 0 Å². The second-order valence-electron chi connectivity index (χ2n) is 4.58. The van der Waals surface area contributed by atoms with Gasteiger partial charge in [-0.1, -0.05) is 13.0 Å². The highest BCUT2D eigenvalue weighted by Gasteiger charge is 2.08. The van der Waals surface area contributed by atoms with E-state index in [2.05, 4.69) is 56.2 Å². The zero-order chi connectivity index (χ0) is 10.6. The topological polar surface area (TPSA) is 24.9 Å². The van der Waals surface area contributed by atoms with E-state index in [1.165, 1.54) is 5.69 Å². The number of aryl methyl sites for hydroxylation is 1. The maximum absolute atomic E-state index is 4.53. The van der Waals surface area contributed by atoms with Crippen molar-refractivity contribution in [1.82, 2.24) is 10.3 Å². The van der Waals surface area contributed by atoms with Gasteiger partial charge in [-0.15, -0.1) is 0 Å². The van der Waals surface area contributed by atoms with Crippen molar-refractivity contribution in [1.29, 1.82) is 0 Å². The Kier molecular flexibility index (Phi) is 3.64.